The minimum Gasteiger partial charge on any atom is -0.306 e. The van der Waals surface area contributed by atoms with Crippen LogP contribution < -0.4 is 5.32 Å². The Hall–Kier alpha value is -2.28. The van der Waals surface area contributed by atoms with Crippen LogP contribution in [0.5, 0.6) is 0 Å². The van der Waals surface area contributed by atoms with Gasteiger partial charge in [0.15, 0.2) is 0 Å². The monoisotopic (exact) mass is 273 g/mol. The van der Waals surface area contributed by atoms with E-state index in [1.54, 1.807) is 35.1 Å². The number of rotatable bonds is 3. The number of hydrogen-bond donors (Lipinski definition) is 1. The van der Waals surface area contributed by atoms with E-state index >= 15 is 0 Å². The van der Waals surface area contributed by atoms with Crippen molar-refractivity contribution in [3.05, 3.63) is 41.3 Å². The molecule has 0 spiro atoms. The summed E-state index contributed by atoms with van der Waals surface area (Å²) in [6.45, 7) is 2.00. The van der Waals surface area contributed by atoms with Crippen molar-refractivity contribution in [2.24, 2.45) is 0 Å². The summed E-state index contributed by atoms with van der Waals surface area (Å²) in [6, 6.07) is 3.53. The first-order chi connectivity index (χ1) is 9.26. The van der Waals surface area contributed by atoms with Crippen LogP contribution in [0.15, 0.2) is 30.7 Å². The second kappa shape index (κ2) is 4.77. The summed E-state index contributed by atoms with van der Waals surface area (Å²) in [5.41, 5.74) is 1.36. The van der Waals surface area contributed by atoms with Crippen LogP contribution in [0, 0.1) is 0 Å². The Balaban J connectivity index is 1.82. The predicted octanol–water partition coefficient (Wildman–Crippen LogP) is 2.00. The Kier molecular flexibility index (Phi) is 2.96. The third kappa shape index (κ3) is 2.32. The van der Waals surface area contributed by atoms with Crippen molar-refractivity contribution in [1.29, 1.82) is 0 Å². The van der Waals surface area contributed by atoms with E-state index in [2.05, 4.69) is 20.5 Å². The zero-order valence-corrected chi connectivity index (χ0v) is 11.0. The molecule has 3 aromatic rings. The van der Waals surface area contributed by atoms with Crippen molar-refractivity contribution in [2.75, 3.05) is 5.32 Å². The summed E-state index contributed by atoms with van der Waals surface area (Å²) in [6.07, 6.45) is 6.04. The molecule has 1 N–H and O–H groups in total. The fourth-order valence-corrected chi connectivity index (χ4v) is 2.35. The first-order valence-electron chi connectivity index (χ1n) is 5.82. The maximum absolute atomic E-state index is 12.1. The van der Waals surface area contributed by atoms with Crippen LogP contribution in [-0.4, -0.2) is 25.5 Å². The molecule has 96 valence electrons. The summed E-state index contributed by atoms with van der Waals surface area (Å²) in [7, 11) is 0. The van der Waals surface area contributed by atoms with Crippen molar-refractivity contribution in [1.82, 2.24) is 19.6 Å². The number of carbonyl (C=O) groups is 1. The molecule has 0 fully saturated rings. The molecule has 3 rings (SSSR count). The van der Waals surface area contributed by atoms with E-state index in [4.69, 9.17) is 0 Å². The molecule has 0 aliphatic rings. The first kappa shape index (κ1) is 11.8. The average Bonchev–Trinajstić information content (AvgIpc) is 3.05. The highest BCUT2D eigenvalue weighted by Gasteiger charge is 2.10. The number of anilines is 1. The summed E-state index contributed by atoms with van der Waals surface area (Å²) >= 11 is 1.39. The topological polar surface area (TPSA) is 72.2 Å². The van der Waals surface area contributed by atoms with Crippen LogP contribution in [0.2, 0.25) is 0 Å². The van der Waals surface area contributed by atoms with Crippen molar-refractivity contribution < 1.29 is 4.79 Å². The van der Waals surface area contributed by atoms with Crippen LogP contribution in [-0.2, 0) is 6.42 Å². The summed E-state index contributed by atoms with van der Waals surface area (Å²) in [5.74, 6) is -0.200. The van der Waals surface area contributed by atoms with E-state index in [1.807, 2.05) is 6.92 Å². The largest absolute Gasteiger partial charge is 0.306 e. The van der Waals surface area contributed by atoms with Crippen LogP contribution in [0.1, 0.15) is 22.3 Å². The van der Waals surface area contributed by atoms with Gasteiger partial charge in [-0.1, -0.05) is 18.3 Å². The molecule has 0 aliphatic heterocycles. The van der Waals surface area contributed by atoms with E-state index < -0.39 is 0 Å². The maximum Gasteiger partial charge on any atom is 0.258 e. The summed E-state index contributed by atoms with van der Waals surface area (Å²) < 4.78 is 1.80. The number of amides is 1. The van der Waals surface area contributed by atoms with E-state index in [9.17, 15) is 4.79 Å². The fraction of sp³-hybridized carbons (Fsp3) is 0.167. The van der Waals surface area contributed by atoms with Crippen LogP contribution in [0.3, 0.4) is 0 Å². The Bertz CT molecular complexity index is 732. The van der Waals surface area contributed by atoms with Gasteiger partial charge in [-0.25, -0.2) is 4.98 Å². The predicted molar refractivity (Wildman–Crippen MR) is 72.4 cm³/mol. The SMILES string of the molecule is CCc1nnc(NC(=O)c2ccc3nccn3c2)s1. The number of pyridine rings is 1. The second-order valence-electron chi connectivity index (χ2n) is 3.92. The smallest absolute Gasteiger partial charge is 0.258 e. The van der Waals surface area contributed by atoms with Crippen molar-refractivity contribution in [2.45, 2.75) is 13.3 Å². The van der Waals surface area contributed by atoms with Gasteiger partial charge in [-0.15, -0.1) is 10.2 Å². The van der Waals surface area contributed by atoms with Crippen molar-refractivity contribution in [3.8, 4) is 0 Å². The number of imidazole rings is 1. The Morgan fingerprint density at radius 3 is 3.11 bits per heavy atom. The molecule has 0 radical (unpaired) electrons. The number of nitrogens with one attached hydrogen (secondary N) is 1. The average molecular weight is 273 g/mol. The highest BCUT2D eigenvalue weighted by atomic mass is 32.1. The molecule has 19 heavy (non-hydrogen) atoms. The molecule has 7 heteroatoms. The number of carbonyl (C=O) groups excluding carboxylic acids is 1. The molecule has 0 atom stereocenters. The maximum atomic E-state index is 12.1. The first-order valence-corrected chi connectivity index (χ1v) is 6.64. The summed E-state index contributed by atoms with van der Waals surface area (Å²) in [5, 5.41) is 12.0. The standard InChI is InChI=1S/C12H11N5OS/c1-2-10-15-16-12(19-10)14-11(18)8-3-4-9-13-5-6-17(9)7-8/h3-7H,2H2,1H3,(H,14,16,18). The Morgan fingerprint density at radius 1 is 1.42 bits per heavy atom. The second-order valence-corrected chi connectivity index (χ2v) is 4.98. The Labute approximate surface area is 113 Å². The van der Waals surface area contributed by atoms with E-state index in [1.165, 1.54) is 11.3 Å². The zero-order valence-electron chi connectivity index (χ0n) is 10.2. The van der Waals surface area contributed by atoms with Crippen molar-refractivity contribution >= 4 is 28.0 Å². The molecule has 3 heterocycles. The molecule has 0 bridgehead atoms. The number of fused-ring (bicyclic) bond motifs is 1. The molecule has 6 nitrogen and oxygen atoms in total. The van der Waals surface area contributed by atoms with Crippen LogP contribution in [0.4, 0.5) is 5.13 Å². The summed E-state index contributed by atoms with van der Waals surface area (Å²) in [4.78, 5) is 16.2. The number of aryl methyl sites for hydroxylation is 1. The molecule has 3 aromatic heterocycles. The minimum atomic E-state index is -0.200. The van der Waals surface area contributed by atoms with Gasteiger partial charge in [-0.2, -0.15) is 0 Å². The highest BCUT2D eigenvalue weighted by molar-refractivity contribution is 7.15. The van der Waals surface area contributed by atoms with E-state index in [0.29, 0.717) is 10.7 Å². The molecule has 0 saturated heterocycles. The molecule has 0 saturated carbocycles. The molecule has 1 amide bonds. The highest BCUT2D eigenvalue weighted by Crippen LogP contribution is 2.16. The molecule has 0 aromatic carbocycles. The van der Waals surface area contributed by atoms with Gasteiger partial charge >= 0.3 is 0 Å². The van der Waals surface area contributed by atoms with Gasteiger partial charge in [-0.05, 0) is 18.6 Å². The van der Waals surface area contributed by atoms with Crippen LogP contribution >= 0.6 is 11.3 Å². The lowest BCUT2D eigenvalue weighted by atomic mass is 10.2. The Morgan fingerprint density at radius 2 is 2.32 bits per heavy atom. The quantitative estimate of drug-likeness (QED) is 0.792. The van der Waals surface area contributed by atoms with Gasteiger partial charge in [0.25, 0.3) is 5.91 Å². The molecule has 0 unspecified atom stereocenters. The van der Waals surface area contributed by atoms with E-state index in [-0.39, 0.29) is 5.91 Å². The van der Waals surface area contributed by atoms with Gasteiger partial charge in [0.1, 0.15) is 10.7 Å². The van der Waals surface area contributed by atoms with Gasteiger partial charge in [0.2, 0.25) is 5.13 Å². The zero-order chi connectivity index (χ0) is 13.2. The van der Waals surface area contributed by atoms with Gasteiger partial charge in [-0.3, -0.25) is 10.1 Å². The molecule has 0 aliphatic carbocycles. The normalized spacial score (nSPS) is 10.8. The molecular weight excluding hydrogens is 262 g/mol. The lowest BCUT2D eigenvalue weighted by Gasteiger charge is -2.01. The molecular formula is C12H11N5OS. The van der Waals surface area contributed by atoms with Gasteiger partial charge in [0, 0.05) is 18.6 Å². The third-order valence-corrected chi connectivity index (χ3v) is 3.62. The number of hydrogen-bond acceptors (Lipinski definition) is 5. The van der Waals surface area contributed by atoms with Gasteiger partial charge in [0.05, 0.1) is 5.56 Å². The number of nitrogens with zero attached hydrogens (tertiary/aromatic N) is 4. The van der Waals surface area contributed by atoms with E-state index in [0.717, 1.165) is 17.1 Å². The third-order valence-electron chi connectivity index (χ3n) is 2.64. The number of aromatic nitrogens is 4. The fourth-order valence-electron chi connectivity index (χ4n) is 1.67. The lowest BCUT2D eigenvalue weighted by Crippen LogP contribution is -2.12. The van der Waals surface area contributed by atoms with Gasteiger partial charge < -0.3 is 4.40 Å². The lowest BCUT2D eigenvalue weighted by molar-refractivity contribution is 0.102. The van der Waals surface area contributed by atoms with Crippen molar-refractivity contribution in [3.63, 3.8) is 0 Å². The minimum absolute atomic E-state index is 0.200. The van der Waals surface area contributed by atoms with Crippen LogP contribution in [0.25, 0.3) is 5.65 Å².